The number of phosphoric acid groups is 1. The Morgan fingerprint density at radius 2 is 1.44 bits per heavy atom. The average Bonchev–Trinajstić information content (AvgIpc) is 2.62. The zero-order valence-electron chi connectivity index (χ0n) is 16.2. The quantitative estimate of drug-likeness (QED) is 0.301. The third-order valence-corrected chi connectivity index (χ3v) is 5.09. The summed E-state index contributed by atoms with van der Waals surface area (Å²) in [5.74, 6) is 0. The Labute approximate surface area is 151 Å². The molecule has 1 N–H and O–H groups in total. The molecule has 0 rings (SSSR count). The number of methoxy groups -OCH3 is 1. The van der Waals surface area contributed by atoms with Gasteiger partial charge in [0.2, 0.25) is 0 Å². The van der Waals surface area contributed by atoms with Crippen molar-refractivity contribution in [3.8, 4) is 0 Å². The lowest BCUT2D eigenvalue weighted by Crippen LogP contribution is -2.45. The number of phosphoric ester groups is 1. The minimum atomic E-state index is -4.10. The Bertz CT molecular complexity index is 362. The summed E-state index contributed by atoms with van der Waals surface area (Å²) in [7, 11) is -1.32. The molecule has 25 heavy (non-hydrogen) atoms. The summed E-state index contributed by atoms with van der Waals surface area (Å²) >= 11 is 0. The molecule has 8 nitrogen and oxygen atoms in total. The van der Waals surface area contributed by atoms with Crippen molar-refractivity contribution in [3.05, 3.63) is 0 Å². The molecule has 0 aliphatic carbocycles. The Morgan fingerprint density at radius 3 is 1.88 bits per heavy atom. The maximum absolute atomic E-state index is 11.9. The van der Waals surface area contributed by atoms with Crippen molar-refractivity contribution in [2.45, 2.75) is 51.7 Å². The van der Waals surface area contributed by atoms with Crippen LogP contribution in [0.25, 0.3) is 0 Å². The van der Waals surface area contributed by atoms with Crippen LogP contribution >= 0.6 is 7.82 Å². The maximum Gasteiger partial charge on any atom is 0.472 e. The van der Waals surface area contributed by atoms with Crippen molar-refractivity contribution in [2.75, 3.05) is 53.9 Å². The van der Waals surface area contributed by atoms with Gasteiger partial charge in [0.1, 0.15) is 5.60 Å². The van der Waals surface area contributed by atoms with Crippen LogP contribution in [-0.2, 0) is 32.6 Å². The van der Waals surface area contributed by atoms with Gasteiger partial charge in [0, 0.05) is 14.2 Å². The van der Waals surface area contributed by atoms with Gasteiger partial charge in [0.05, 0.1) is 45.7 Å². The molecule has 2 atom stereocenters. The molecule has 0 aromatic carbocycles. The molecule has 152 valence electrons. The van der Waals surface area contributed by atoms with Gasteiger partial charge in [-0.05, 0) is 19.3 Å². The predicted molar refractivity (Wildman–Crippen MR) is 94.8 cm³/mol. The molecule has 0 aliphatic rings. The van der Waals surface area contributed by atoms with E-state index in [1.165, 1.54) is 0 Å². The molecule has 0 fully saturated rings. The van der Waals surface area contributed by atoms with Crippen LogP contribution in [-0.4, -0.2) is 70.5 Å². The average molecular weight is 386 g/mol. The smallest absolute Gasteiger partial charge is 0.382 e. The van der Waals surface area contributed by atoms with Crippen molar-refractivity contribution < 1.29 is 37.5 Å². The van der Waals surface area contributed by atoms with Crippen LogP contribution in [0.3, 0.4) is 0 Å². The second-order valence-electron chi connectivity index (χ2n) is 5.50. The summed E-state index contributed by atoms with van der Waals surface area (Å²) in [6, 6.07) is 0. The van der Waals surface area contributed by atoms with Crippen LogP contribution < -0.4 is 0 Å². The highest BCUT2D eigenvalue weighted by atomic mass is 31.2. The monoisotopic (exact) mass is 386 g/mol. The number of hydrogen-bond donors (Lipinski definition) is 1. The lowest BCUT2D eigenvalue weighted by Gasteiger charge is -2.39. The van der Waals surface area contributed by atoms with E-state index >= 15 is 0 Å². The summed E-state index contributed by atoms with van der Waals surface area (Å²) in [6.07, 6.45) is 1.37. The Hall–Kier alpha value is -0.0500. The van der Waals surface area contributed by atoms with E-state index in [1.54, 1.807) is 7.11 Å². The zero-order valence-corrected chi connectivity index (χ0v) is 17.1. The summed E-state index contributed by atoms with van der Waals surface area (Å²) in [5.41, 5.74) is -0.877. The highest BCUT2D eigenvalue weighted by Crippen LogP contribution is 2.50. The van der Waals surface area contributed by atoms with Crippen molar-refractivity contribution in [3.63, 3.8) is 0 Å². The van der Waals surface area contributed by atoms with Gasteiger partial charge in [-0.2, -0.15) is 0 Å². The molecular weight excluding hydrogens is 351 g/mol. The molecule has 0 aliphatic heterocycles. The van der Waals surface area contributed by atoms with Crippen molar-refractivity contribution in [1.82, 2.24) is 0 Å². The molecule has 0 aromatic heterocycles. The normalized spacial score (nSPS) is 15.9. The van der Waals surface area contributed by atoms with Gasteiger partial charge in [0.15, 0.2) is 0 Å². The lowest BCUT2D eigenvalue weighted by atomic mass is 9.89. The third-order valence-electron chi connectivity index (χ3n) is 4.03. The van der Waals surface area contributed by atoms with Crippen LogP contribution in [0, 0.1) is 0 Å². The van der Waals surface area contributed by atoms with E-state index in [2.05, 4.69) is 4.52 Å². The van der Waals surface area contributed by atoms with E-state index in [4.69, 9.17) is 23.5 Å². The largest absolute Gasteiger partial charge is 0.472 e. The second-order valence-corrected chi connectivity index (χ2v) is 6.98. The lowest BCUT2D eigenvalue weighted by molar-refractivity contribution is -0.119. The molecule has 2 unspecified atom stereocenters. The van der Waals surface area contributed by atoms with Crippen LogP contribution in [0.5, 0.6) is 0 Å². The van der Waals surface area contributed by atoms with E-state index in [1.807, 2.05) is 20.8 Å². The minimum Gasteiger partial charge on any atom is -0.382 e. The standard InChI is InChI=1S/C16H35O8P/c1-6-15(16(7-2,8-3)24-25(17,18)20-5)23-14-13-22-12-11-21-10-9-19-4/h15H,6-14H2,1-5H3,(H,17,18). The van der Waals surface area contributed by atoms with Crippen molar-refractivity contribution in [2.24, 2.45) is 0 Å². The van der Waals surface area contributed by atoms with Gasteiger partial charge in [-0.3, -0.25) is 9.05 Å². The third kappa shape index (κ3) is 10.0. The van der Waals surface area contributed by atoms with Gasteiger partial charge in [-0.15, -0.1) is 0 Å². The molecule has 0 saturated carbocycles. The van der Waals surface area contributed by atoms with Crippen molar-refractivity contribution >= 4 is 7.82 Å². The Morgan fingerprint density at radius 1 is 0.920 bits per heavy atom. The topological polar surface area (TPSA) is 92.7 Å². The zero-order chi connectivity index (χ0) is 19.2. The second kappa shape index (κ2) is 14.1. The Kier molecular flexibility index (Phi) is 14.0. The van der Waals surface area contributed by atoms with Crippen LogP contribution in [0.15, 0.2) is 0 Å². The fourth-order valence-corrected chi connectivity index (χ4v) is 3.43. The number of rotatable bonds is 17. The van der Waals surface area contributed by atoms with Crippen LogP contribution in [0.1, 0.15) is 40.0 Å². The number of hydrogen-bond acceptors (Lipinski definition) is 7. The fraction of sp³-hybridized carbons (Fsp3) is 1.00. The molecular formula is C16H35O8P. The van der Waals surface area contributed by atoms with Gasteiger partial charge in [0.25, 0.3) is 0 Å². The van der Waals surface area contributed by atoms with E-state index in [0.29, 0.717) is 58.9 Å². The van der Waals surface area contributed by atoms with Crippen LogP contribution in [0.2, 0.25) is 0 Å². The highest BCUT2D eigenvalue weighted by molar-refractivity contribution is 7.47. The molecule has 9 heteroatoms. The first-order valence-electron chi connectivity index (χ1n) is 8.76. The molecule has 0 saturated heterocycles. The van der Waals surface area contributed by atoms with E-state index in [9.17, 15) is 9.46 Å². The summed E-state index contributed by atoms with van der Waals surface area (Å²) in [6.45, 7) is 8.61. The van der Waals surface area contributed by atoms with E-state index in [-0.39, 0.29) is 6.10 Å². The summed E-state index contributed by atoms with van der Waals surface area (Å²) < 4.78 is 43.4. The Balaban J connectivity index is 4.32. The summed E-state index contributed by atoms with van der Waals surface area (Å²) in [4.78, 5) is 9.70. The molecule has 0 radical (unpaired) electrons. The predicted octanol–water partition coefficient (Wildman–Crippen LogP) is 2.78. The number of ether oxygens (including phenoxy) is 4. The van der Waals surface area contributed by atoms with Crippen molar-refractivity contribution in [1.29, 1.82) is 0 Å². The molecule has 0 amide bonds. The first-order chi connectivity index (χ1) is 11.9. The fourth-order valence-electron chi connectivity index (χ4n) is 2.52. The summed E-state index contributed by atoms with van der Waals surface area (Å²) in [5, 5.41) is 0. The molecule has 0 heterocycles. The highest BCUT2D eigenvalue weighted by Gasteiger charge is 2.42. The minimum absolute atomic E-state index is 0.334. The van der Waals surface area contributed by atoms with E-state index in [0.717, 1.165) is 7.11 Å². The maximum atomic E-state index is 11.9. The molecule has 0 aromatic rings. The molecule has 0 bridgehead atoms. The van der Waals surface area contributed by atoms with Gasteiger partial charge in [-0.1, -0.05) is 20.8 Å². The van der Waals surface area contributed by atoms with Gasteiger partial charge in [-0.25, -0.2) is 4.57 Å². The SMILES string of the molecule is CCC(OCCOCCOCCOC)C(CC)(CC)OP(=O)(O)OC. The van der Waals surface area contributed by atoms with Crippen LogP contribution in [0.4, 0.5) is 0 Å². The van der Waals surface area contributed by atoms with Gasteiger partial charge >= 0.3 is 7.82 Å². The molecule has 0 spiro atoms. The first-order valence-corrected chi connectivity index (χ1v) is 10.3. The first kappa shape index (κ1) is 24.9. The van der Waals surface area contributed by atoms with Gasteiger partial charge < -0.3 is 23.8 Å². The van der Waals surface area contributed by atoms with E-state index < -0.39 is 13.4 Å².